The summed E-state index contributed by atoms with van der Waals surface area (Å²) < 4.78 is 29.0. The highest BCUT2D eigenvalue weighted by molar-refractivity contribution is 5.95. The molecular weight excluding hydrogens is 474 g/mol. The van der Waals surface area contributed by atoms with E-state index in [9.17, 15) is 18.4 Å². The summed E-state index contributed by atoms with van der Waals surface area (Å²) in [6.45, 7) is 8.74. The molecule has 37 heavy (non-hydrogen) atoms. The number of aromatic nitrogens is 2. The van der Waals surface area contributed by atoms with Crippen molar-refractivity contribution in [2.45, 2.75) is 51.9 Å². The number of benzene rings is 2. The maximum Gasteiger partial charge on any atom is 0.253 e. The molecule has 1 saturated carbocycles. The van der Waals surface area contributed by atoms with Crippen LogP contribution in [0.15, 0.2) is 48.5 Å². The Labute approximate surface area is 215 Å². The number of amides is 2. The van der Waals surface area contributed by atoms with Crippen LogP contribution in [-0.2, 0) is 10.2 Å². The minimum absolute atomic E-state index is 0.100. The fourth-order valence-corrected chi connectivity index (χ4v) is 6.38. The standard InChI is InChI=1S/C29H30F2N4O2/c1-5-35(27(37)18-9-11-19(12-10-18)32-17(2)36)16-29-14-13-21(28(29,3)4)20-15-24(33-34-26(20)29)25-22(30)7-6-8-23(25)31/h6-12,15,21H,5,13-14,16H2,1-4H3,(H,32,36)/t21-,29-/m0/s1. The van der Waals surface area contributed by atoms with Gasteiger partial charge in [0.05, 0.1) is 17.0 Å². The van der Waals surface area contributed by atoms with Crippen LogP contribution in [0.4, 0.5) is 14.5 Å². The predicted octanol–water partition coefficient (Wildman–Crippen LogP) is 5.70. The smallest absolute Gasteiger partial charge is 0.253 e. The highest BCUT2D eigenvalue weighted by atomic mass is 19.1. The highest BCUT2D eigenvalue weighted by Crippen LogP contribution is 2.67. The molecule has 2 aliphatic carbocycles. The molecule has 1 N–H and O–H groups in total. The molecule has 2 aliphatic rings. The van der Waals surface area contributed by atoms with Crippen LogP contribution in [0.25, 0.3) is 11.3 Å². The Morgan fingerprint density at radius 3 is 2.38 bits per heavy atom. The molecular formula is C29H30F2N4O2. The predicted molar refractivity (Wildman–Crippen MR) is 137 cm³/mol. The van der Waals surface area contributed by atoms with E-state index in [0.29, 0.717) is 24.3 Å². The largest absolute Gasteiger partial charge is 0.338 e. The third-order valence-corrected chi connectivity index (χ3v) is 8.42. The van der Waals surface area contributed by atoms with Gasteiger partial charge in [0.1, 0.15) is 11.6 Å². The van der Waals surface area contributed by atoms with Crippen molar-refractivity contribution in [1.82, 2.24) is 15.1 Å². The molecule has 192 valence electrons. The number of nitrogens with zero attached hydrogens (tertiary/aromatic N) is 3. The monoisotopic (exact) mass is 504 g/mol. The second-order valence-corrected chi connectivity index (χ2v) is 10.6. The van der Waals surface area contributed by atoms with Gasteiger partial charge >= 0.3 is 0 Å². The van der Waals surface area contributed by atoms with Gasteiger partial charge in [0.2, 0.25) is 5.91 Å². The Morgan fingerprint density at radius 1 is 1.08 bits per heavy atom. The molecule has 2 aromatic carbocycles. The van der Waals surface area contributed by atoms with E-state index in [0.717, 1.165) is 24.1 Å². The van der Waals surface area contributed by atoms with Crippen LogP contribution in [0.1, 0.15) is 68.1 Å². The number of halogens is 2. The zero-order chi connectivity index (χ0) is 26.5. The molecule has 0 radical (unpaired) electrons. The van der Waals surface area contributed by atoms with Crippen molar-refractivity contribution in [2.24, 2.45) is 5.41 Å². The third kappa shape index (κ3) is 3.90. The molecule has 2 amide bonds. The third-order valence-electron chi connectivity index (χ3n) is 8.42. The quantitative estimate of drug-likeness (QED) is 0.468. The van der Waals surface area contributed by atoms with Gasteiger partial charge in [0.15, 0.2) is 0 Å². The van der Waals surface area contributed by atoms with Crippen molar-refractivity contribution in [2.75, 3.05) is 18.4 Å². The van der Waals surface area contributed by atoms with Crippen LogP contribution >= 0.6 is 0 Å². The van der Waals surface area contributed by atoms with Crippen LogP contribution in [0, 0.1) is 17.0 Å². The van der Waals surface area contributed by atoms with E-state index in [1.165, 1.54) is 25.1 Å². The summed E-state index contributed by atoms with van der Waals surface area (Å²) in [6, 6.07) is 12.4. The molecule has 5 rings (SSSR count). The van der Waals surface area contributed by atoms with Crippen molar-refractivity contribution in [3.05, 3.63) is 77.0 Å². The number of anilines is 1. The first kappa shape index (κ1) is 25.0. The Hall–Kier alpha value is -3.68. The van der Waals surface area contributed by atoms with Crippen molar-refractivity contribution < 1.29 is 18.4 Å². The average molecular weight is 505 g/mol. The zero-order valence-corrected chi connectivity index (χ0v) is 21.4. The lowest BCUT2D eigenvalue weighted by Crippen LogP contribution is -2.48. The molecule has 3 aromatic rings. The molecule has 1 aromatic heterocycles. The molecule has 0 spiro atoms. The maximum atomic E-state index is 14.5. The van der Waals surface area contributed by atoms with Gasteiger partial charge in [-0.15, -0.1) is 0 Å². The second kappa shape index (κ2) is 9.01. The number of carbonyl (C=O) groups is 2. The number of rotatable bonds is 6. The van der Waals surface area contributed by atoms with E-state index >= 15 is 0 Å². The van der Waals surface area contributed by atoms with Gasteiger partial charge in [-0.05, 0) is 79.1 Å². The molecule has 0 unspecified atom stereocenters. The van der Waals surface area contributed by atoms with E-state index in [1.54, 1.807) is 30.3 Å². The van der Waals surface area contributed by atoms with Crippen molar-refractivity contribution in [3.63, 3.8) is 0 Å². The average Bonchev–Trinajstić information content (AvgIpc) is 3.21. The van der Waals surface area contributed by atoms with Crippen molar-refractivity contribution in [3.8, 4) is 11.3 Å². The summed E-state index contributed by atoms with van der Waals surface area (Å²) in [5.74, 6) is -1.46. The maximum absolute atomic E-state index is 14.5. The normalized spacial score (nSPS) is 21.0. The Balaban J connectivity index is 1.49. The first-order chi connectivity index (χ1) is 17.6. The van der Waals surface area contributed by atoms with E-state index < -0.39 is 17.0 Å². The topological polar surface area (TPSA) is 75.2 Å². The zero-order valence-electron chi connectivity index (χ0n) is 21.4. The number of likely N-dealkylation sites (N-methyl/N-ethyl adjacent to an activating group) is 1. The molecule has 2 bridgehead atoms. The van der Waals surface area contributed by atoms with E-state index in [1.807, 2.05) is 11.8 Å². The van der Waals surface area contributed by atoms with Crippen LogP contribution in [-0.4, -0.2) is 40.0 Å². The van der Waals surface area contributed by atoms with Gasteiger partial charge in [-0.25, -0.2) is 8.78 Å². The Bertz CT molecular complexity index is 1370. The first-order valence-electron chi connectivity index (χ1n) is 12.6. The van der Waals surface area contributed by atoms with Gasteiger partial charge in [0.25, 0.3) is 5.91 Å². The minimum atomic E-state index is -0.668. The van der Waals surface area contributed by atoms with Crippen molar-refractivity contribution in [1.29, 1.82) is 0 Å². The van der Waals surface area contributed by atoms with Crippen molar-refractivity contribution >= 4 is 17.5 Å². The number of hydrogen-bond donors (Lipinski definition) is 1. The molecule has 1 heterocycles. The SMILES string of the molecule is CCN(C[C@@]12CC[C@@H](c3cc(-c4c(F)cccc4F)nnc31)C2(C)C)C(=O)c1ccc(NC(C)=O)cc1. The minimum Gasteiger partial charge on any atom is -0.338 e. The molecule has 0 saturated heterocycles. The molecule has 8 heteroatoms. The van der Waals surface area contributed by atoms with E-state index in [4.69, 9.17) is 0 Å². The lowest BCUT2D eigenvalue weighted by Gasteiger charge is -2.41. The van der Waals surface area contributed by atoms with E-state index in [-0.39, 0.29) is 34.4 Å². The molecule has 0 aliphatic heterocycles. The Morgan fingerprint density at radius 2 is 1.76 bits per heavy atom. The van der Waals surface area contributed by atoms with Gasteiger partial charge < -0.3 is 10.2 Å². The summed E-state index contributed by atoms with van der Waals surface area (Å²) in [6.07, 6.45) is 1.76. The lowest BCUT2D eigenvalue weighted by atomic mass is 9.68. The second-order valence-electron chi connectivity index (χ2n) is 10.6. The van der Waals surface area contributed by atoms with Crippen LogP contribution < -0.4 is 5.32 Å². The number of carbonyl (C=O) groups excluding carboxylic acids is 2. The molecule has 6 nitrogen and oxygen atoms in total. The summed E-state index contributed by atoms with van der Waals surface area (Å²) in [7, 11) is 0. The van der Waals surface area contributed by atoms with Gasteiger partial charge in [-0.3, -0.25) is 9.59 Å². The number of nitrogens with one attached hydrogen (secondary N) is 1. The van der Waals surface area contributed by atoms with Gasteiger partial charge in [-0.1, -0.05) is 19.9 Å². The molecule has 1 fully saturated rings. The molecule has 2 atom stereocenters. The number of fused-ring (bicyclic) bond motifs is 5. The summed E-state index contributed by atoms with van der Waals surface area (Å²) >= 11 is 0. The summed E-state index contributed by atoms with van der Waals surface area (Å²) in [5.41, 5.74) is 2.33. The highest BCUT2D eigenvalue weighted by Gasteiger charge is 2.64. The lowest BCUT2D eigenvalue weighted by molar-refractivity contribution is -0.114. The fraction of sp³-hybridized carbons (Fsp3) is 0.379. The first-order valence-corrected chi connectivity index (χ1v) is 12.6. The van der Waals surface area contributed by atoms with Gasteiger partial charge in [-0.2, -0.15) is 10.2 Å². The van der Waals surface area contributed by atoms with E-state index in [2.05, 4.69) is 29.4 Å². The summed E-state index contributed by atoms with van der Waals surface area (Å²) in [5, 5.41) is 11.6. The van der Waals surface area contributed by atoms with Crippen LogP contribution in [0.2, 0.25) is 0 Å². The van der Waals surface area contributed by atoms with Gasteiger partial charge in [0, 0.05) is 36.7 Å². The van der Waals surface area contributed by atoms with Crippen LogP contribution in [0.5, 0.6) is 0 Å². The van der Waals surface area contributed by atoms with Crippen LogP contribution in [0.3, 0.4) is 0 Å². The number of hydrogen-bond acceptors (Lipinski definition) is 4. The fourth-order valence-electron chi connectivity index (χ4n) is 6.38. The summed E-state index contributed by atoms with van der Waals surface area (Å²) in [4.78, 5) is 26.7. The Kier molecular flexibility index (Phi) is 6.09.